The van der Waals surface area contributed by atoms with Crippen molar-refractivity contribution in [2.45, 2.75) is 20.8 Å². The van der Waals surface area contributed by atoms with Gasteiger partial charge < -0.3 is 15.2 Å². The molecule has 0 amide bonds. The van der Waals surface area contributed by atoms with E-state index in [0.717, 1.165) is 5.69 Å². The molecule has 6 heteroatoms. The molecule has 1 rings (SSSR count). The van der Waals surface area contributed by atoms with Gasteiger partial charge in [0.05, 0.1) is 12.5 Å². The second kappa shape index (κ2) is 4.99. The molecule has 1 heterocycles. The first-order valence-electron chi connectivity index (χ1n) is 5.22. The van der Waals surface area contributed by atoms with Gasteiger partial charge in [0.1, 0.15) is 0 Å². The van der Waals surface area contributed by atoms with Crippen LogP contribution in [0.1, 0.15) is 19.5 Å². The molecule has 0 saturated carbocycles. The molecule has 0 aliphatic heterocycles. The summed E-state index contributed by atoms with van der Waals surface area (Å²) in [5.41, 5.74) is -0.118. The predicted octanol–water partition coefficient (Wildman–Crippen LogP) is 1.32. The van der Waals surface area contributed by atoms with Crippen molar-refractivity contribution in [3.63, 3.8) is 0 Å². The molecule has 0 saturated heterocycles. The lowest BCUT2D eigenvalue weighted by atomic mass is 9.94. The first-order valence-corrected chi connectivity index (χ1v) is 5.22. The summed E-state index contributed by atoms with van der Waals surface area (Å²) in [6, 6.07) is 1.70. The molecule has 0 unspecified atom stereocenters. The van der Waals surface area contributed by atoms with E-state index in [0.29, 0.717) is 11.8 Å². The Balaban J connectivity index is 2.76. The molecule has 0 fully saturated rings. The maximum Gasteiger partial charge on any atom is 0.310 e. The second-order valence-electron chi connectivity index (χ2n) is 4.42. The predicted molar refractivity (Wildman–Crippen MR) is 63.2 cm³/mol. The van der Waals surface area contributed by atoms with Gasteiger partial charge in [-0.15, -0.1) is 0 Å². The van der Waals surface area contributed by atoms with Crippen LogP contribution >= 0.6 is 0 Å². The largest absolute Gasteiger partial charge is 0.481 e. The highest BCUT2D eigenvalue weighted by Crippen LogP contribution is 2.17. The van der Waals surface area contributed by atoms with Crippen molar-refractivity contribution in [1.82, 2.24) is 9.97 Å². The normalized spacial score (nSPS) is 11.1. The van der Waals surface area contributed by atoms with E-state index in [2.05, 4.69) is 15.3 Å². The number of nitrogens with zero attached hydrogens (tertiary/aromatic N) is 2. The van der Waals surface area contributed by atoms with Gasteiger partial charge in [0, 0.05) is 18.3 Å². The zero-order valence-electron chi connectivity index (χ0n) is 10.4. The van der Waals surface area contributed by atoms with Crippen LogP contribution in [0, 0.1) is 12.3 Å². The lowest BCUT2D eigenvalue weighted by Gasteiger charge is -2.19. The number of aliphatic carboxylic acids is 1. The van der Waals surface area contributed by atoms with Gasteiger partial charge in [-0.25, -0.2) is 4.98 Å². The topological polar surface area (TPSA) is 84.3 Å². The molecule has 17 heavy (non-hydrogen) atoms. The van der Waals surface area contributed by atoms with Gasteiger partial charge in [0.15, 0.2) is 0 Å². The van der Waals surface area contributed by atoms with Crippen LogP contribution in [0.5, 0.6) is 5.88 Å². The maximum atomic E-state index is 10.9. The Bertz CT molecular complexity index is 418. The molecule has 0 bridgehead atoms. The number of hydrogen-bond donors (Lipinski definition) is 2. The molecule has 6 nitrogen and oxygen atoms in total. The van der Waals surface area contributed by atoms with Gasteiger partial charge >= 0.3 is 5.97 Å². The summed E-state index contributed by atoms with van der Waals surface area (Å²) in [4.78, 5) is 19.2. The Morgan fingerprint density at radius 1 is 1.53 bits per heavy atom. The number of aryl methyl sites for hydroxylation is 1. The number of methoxy groups -OCH3 is 1. The van der Waals surface area contributed by atoms with Crippen LogP contribution in [-0.2, 0) is 4.79 Å². The van der Waals surface area contributed by atoms with Crippen molar-refractivity contribution >= 4 is 11.9 Å². The van der Waals surface area contributed by atoms with Gasteiger partial charge in [-0.1, -0.05) is 0 Å². The van der Waals surface area contributed by atoms with Crippen molar-refractivity contribution in [2.75, 3.05) is 19.0 Å². The molecule has 0 aliphatic carbocycles. The number of nitrogens with one attached hydrogen (secondary N) is 1. The van der Waals surface area contributed by atoms with Crippen LogP contribution in [0.3, 0.4) is 0 Å². The Kier molecular flexibility index (Phi) is 3.88. The molecule has 94 valence electrons. The van der Waals surface area contributed by atoms with Crippen LogP contribution in [-0.4, -0.2) is 34.7 Å². The summed E-state index contributed by atoms with van der Waals surface area (Å²) in [5, 5.41) is 11.9. The molecular weight excluding hydrogens is 222 g/mol. The van der Waals surface area contributed by atoms with Crippen LogP contribution < -0.4 is 10.1 Å². The summed E-state index contributed by atoms with van der Waals surface area (Å²) in [6.45, 7) is 5.33. The third-order valence-corrected chi connectivity index (χ3v) is 2.31. The van der Waals surface area contributed by atoms with E-state index >= 15 is 0 Å². The van der Waals surface area contributed by atoms with E-state index in [1.807, 2.05) is 6.92 Å². The van der Waals surface area contributed by atoms with Crippen molar-refractivity contribution in [1.29, 1.82) is 0 Å². The standard InChI is InChI=1S/C11H17N3O3/c1-7-5-8(17-4)14-10(13-7)12-6-11(2,3)9(15)16/h5H,6H2,1-4H3,(H,15,16)(H,12,13,14). The number of anilines is 1. The van der Waals surface area contributed by atoms with Gasteiger partial charge in [-0.3, -0.25) is 4.79 Å². The van der Waals surface area contributed by atoms with Gasteiger partial charge in [-0.05, 0) is 20.8 Å². The van der Waals surface area contributed by atoms with Crippen molar-refractivity contribution < 1.29 is 14.6 Å². The smallest absolute Gasteiger partial charge is 0.310 e. The zero-order valence-corrected chi connectivity index (χ0v) is 10.4. The van der Waals surface area contributed by atoms with Crippen LogP contribution in [0.25, 0.3) is 0 Å². The minimum atomic E-state index is -0.875. The van der Waals surface area contributed by atoms with Crippen molar-refractivity contribution in [2.24, 2.45) is 5.41 Å². The Hall–Kier alpha value is -1.85. The molecular formula is C11H17N3O3. The number of carbonyl (C=O) groups is 1. The van der Waals surface area contributed by atoms with E-state index in [1.54, 1.807) is 19.9 Å². The highest BCUT2D eigenvalue weighted by Gasteiger charge is 2.27. The van der Waals surface area contributed by atoms with E-state index < -0.39 is 11.4 Å². The summed E-state index contributed by atoms with van der Waals surface area (Å²) in [6.07, 6.45) is 0. The number of carboxylic acids is 1. The fraction of sp³-hybridized carbons (Fsp3) is 0.545. The minimum Gasteiger partial charge on any atom is -0.481 e. The second-order valence-corrected chi connectivity index (χ2v) is 4.42. The summed E-state index contributed by atoms with van der Waals surface area (Å²) >= 11 is 0. The summed E-state index contributed by atoms with van der Waals surface area (Å²) < 4.78 is 5.01. The summed E-state index contributed by atoms with van der Waals surface area (Å²) in [5.74, 6) is -0.0473. The number of aromatic nitrogens is 2. The average molecular weight is 239 g/mol. The minimum absolute atomic E-state index is 0.245. The first-order chi connectivity index (χ1) is 7.85. The van der Waals surface area contributed by atoms with Crippen LogP contribution in [0.4, 0.5) is 5.95 Å². The molecule has 1 aromatic heterocycles. The lowest BCUT2D eigenvalue weighted by Crippen LogP contribution is -2.32. The van der Waals surface area contributed by atoms with Crippen LogP contribution in [0.15, 0.2) is 6.07 Å². The molecule has 0 aromatic carbocycles. The SMILES string of the molecule is COc1cc(C)nc(NCC(C)(C)C(=O)O)n1. The van der Waals surface area contributed by atoms with E-state index in [1.165, 1.54) is 7.11 Å². The Labute approximate surface area is 100 Å². The van der Waals surface area contributed by atoms with Crippen molar-refractivity contribution in [3.05, 3.63) is 11.8 Å². The highest BCUT2D eigenvalue weighted by molar-refractivity contribution is 5.74. The van der Waals surface area contributed by atoms with E-state index in [-0.39, 0.29) is 6.54 Å². The number of hydrogen-bond acceptors (Lipinski definition) is 5. The number of carboxylic acid groups (broad SMARTS) is 1. The number of rotatable bonds is 5. The zero-order chi connectivity index (χ0) is 13.1. The fourth-order valence-electron chi connectivity index (χ4n) is 1.10. The molecule has 2 N–H and O–H groups in total. The van der Waals surface area contributed by atoms with Gasteiger partial charge in [-0.2, -0.15) is 4.98 Å². The van der Waals surface area contributed by atoms with Crippen LogP contribution in [0.2, 0.25) is 0 Å². The van der Waals surface area contributed by atoms with E-state index in [4.69, 9.17) is 9.84 Å². The molecule has 0 aliphatic rings. The molecule has 0 atom stereocenters. The van der Waals surface area contributed by atoms with Gasteiger partial charge in [0.2, 0.25) is 11.8 Å². The third-order valence-electron chi connectivity index (χ3n) is 2.31. The summed E-state index contributed by atoms with van der Waals surface area (Å²) in [7, 11) is 1.52. The van der Waals surface area contributed by atoms with Gasteiger partial charge in [0.25, 0.3) is 0 Å². The monoisotopic (exact) mass is 239 g/mol. The first kappa shape index (κ1) is 13.2. The Morgan fingerprint density at radius 2 is 2.18 bits per heavy atom. The fourth-order valence-corrected chi connectivity index (χ4v) is 1.10. The number of ether oxygens (including phenoxy) is 1. The lowest BCUT2D eigenvalue weighted by molar-refractivity contribution is -0.146. The van der Waals surface area contributed by atoms with Crippen molar-refractivity contribution in [3.8, 4) is 5.88 Å². The maximum absolute atomic E-state index is 10.9. The van der Waals surface area contributed by atoms with E-state index in [9.17, 15) is 4.79 Å². The average Bonchev–Trinajstić information content (AvgIpc) is 2.25. The molecule has 0 spiro atoms. The molecule has 1 aromatic rings. The highest BCUT2D eigenvalue weighted by atomic mass is 16.5. The quantitative estimate of drug-likeness (QED) is 0.806. The third kappa shape index (κ3) is 3.58. The molecule has 0 radical (unpaired) electrons. The Morgan fingerprint density at radius 3 is 2.71 bits per heavy atom.